The first-order valence-corrected chi connectivity index (χ1v) is 5.56. The number of rotatable bonds is 4. The Labute approximate surface area is 96.0 Å². The molecule has 2 rings (SSSR count). The number of pyridine rings is 1. The maximum absolute atomic E-state index is 4.46. The smallest absolute Gasteiger partial charge is 0.0690 e. The molecule has 0 aliphatic carbocycles. The molecule has 0 bridgehead atoms. The van der Waals surface area contributed by atoms with Crippen LogP contribution in [0, 0.1) is 0 Å². The largest absolute Gasteiger partial charge is 0.306 e. The number of aromatic nitrogens is 1. The van der Waals surface area contributed by atoms with Crippen molar-refractivity contribution in [2.75, 3.05) is 6.54 Å². The van der Waals surface area contributed by atoms with Gasteiger partial charge < -0.3 is 5.32 Å². The zero-order valence-corrected chi connectivity index (χ0v) is 9.48. The van der Waals surface area contributed by atoms with Gasteiger partial charge in [0.25, 0.3) is 0 Å². The zero-order valence-electron chi connectivity index (χ0n) is 9.48. The molecule has 1 N–H and O–H groups in total. The fourth-order valence-corrected chi connectivity index (χ4v) is 1.90. The van der Waals surface area contributed by atoms with E-state index < -0.39 is 0 Å². The van der Waals surface area contributed by atoms with Gasteiger partial charge in [-0.1, -0.05) is 37.3 Å². The standard InChI is InChI=1S/C14H16N2/c1-3-13(15-4-2)14-12-8-6-5-7-11(12)9-10-16-14/h3,5-10,13,15H,1,4H2,2H3. The van der Waals surface area contributed by atoms with E-state index >= 15 is 0 Å². The molecule has 0 aliphatic rings. The molecule has 1 aromatic heterocycles. The molecule has 0 fully saturated rings. The number of nitrogens with zero attached hydrogens (tertiary/aromatic N) is 1. The first kappa shape index (κ1) is 10.8. The fourth-order valence-electron chi connectivity index (χ4n) is 1.90. The van der Waals surface area contributed by atoms with Gasteiger partial charge in [-0.2, -0.15) is 0 Å². The van der Waals surface area contributed by atoms with Crippen molar-refractivity contribution in [2.24, 2.45) is 0 Å². The average Bonchev–Trinajstić information content (AvgIpc) is 2.35. The molecule has 0 saturated carbocycles. The maximum Gasteiger partial charge on any atom is 0.0690 e. The Bertz CT molecular complexity index is 486. The van der Waals surface area contributed by atoms with Crippen LogP contribution in [0.5, 0.6) is 0 Å². The van der Waals surface area contributed by atoms with Crippen molar-refractivity contribution in [3.63, 3.8) is 0 Å². The van der Waals surface area contributed by atoms with Crippen LogP contribution in [0.25, 0.3) is 10.8 Å². The van der Waals surface area contributed by atoms with Crippen LogP contribution in [0.1, 0.15) is 18.7 Å². The number of hydrogen-bond donors (Lipinski definition) is 1. The second-order valence-corrected chi connectivity index (χ2v) is 3.69. The first-order chi connectivity index (χ1) is 7.86. The number of hydrogen-bond acceptors (Lipinski definition) is 2. The van der Waals surface area contributed by atoms with Crippen molar-refractivity contribution in [3.8, 4) is 0 Å². The van der Waals surface area contributed by atoms with Gasteiger partial charge in [-0.05, 0) is 18.0 Å². The summed E-state index contributed by atoms with van der Waals surface area (Å²) < 4.78 is 0. The maximum atomic E-state index is 4.46. The lowest BCUT2D eigenvalue weighted by atomic mass is 10.0. The van der Waals surface area contributed by atoms with E-state index in [9.17, 15) is 0 Å². The van der Waals surface area contributed by atoms with Crippen LogP contribution in [0.4, 0.5) is 0 Å². The average molecular weight is 212 g/mol. The number of nitrogens with one attached hydrogen (secondary N) is 1. The highest BCUT2D eigenvalue weighted by atomic mass is 14.9. The van der Waals surface area contributed by atoms with Crippen molar-refractivity contribution in [1.29, 1.82) is 0 Å². The van der Waals surface area contributed by atoms with Gasteiger partial charge in [0.15, 0.2) is 0 Å². The Morgan fingerprint density at radius 1 is 1.38 bits per heavy atom. The third-order valence-corrected chi connectivity index (χ3v) is 2.66. The van der Waals surface area contributed by atoms with E-state index in [-0.39, 0.29) is 6.04 Å². The molecule has 2 heteroatoms. The monoisotopic (exact) mass is 212 g/mol. The van der Waals surface area contributed by atoms with E-state index in [2.05, 4.69) is 35.9 Å². The Morgan fingerprint density at radius 2 is 2.19 bits per heavy atom. The molecule has 0 saturated heterocycles. The molecule has 0 amide bonds. The van der Waals surface area contributed by atoms with Crippen LogP contribution in [0.15, 0.2) is 49.2 Å². The minimum Gasteiger partial charge on any atom is -0.306 e. The normalized spacial score (nSPS) is 12.6. The molecule has 1 unspecified atom stereocenters. The number of fused-ring (bicyclic) bond motifs is 1. The van der Waals surface area contributed by atoms with Gasteiger partial charge in [0.2, 0.25) is 0 Å². The van der Waals surface area contributed by atoms with Crippen LogP contribution in [0.2, 0.25) is 0 Å². The summed E-state index contributed by atoms with van der Waals surface area (Å²) in [6.45, 7) is 6.85. The van der Waals surface area contributed by atoms with Gasteiger partial charge in [-0.3, -0.25) is 4.98 Å². The van der Waals surface area contributed by atoms with E-state index in [0.29, 0.717) is 0 Å². The molecule has 1 heterocycles. The summed E-state index contributed by atoms with van der Waals surface area (Å²) >= 11 is 0. The van der Waals surface area contributed by atoms with Crippen molar-refractivity contribution in [3.05, 3.63) is 54.9 Å². The van der Waals surface area contributed by atoms with Gasteiger partial charge in [0, 0.05) is 11.6 Å². The Morgan fingerprint density at radius 3 is 2.94 bits per heavy atom. The van der Waals surface area contributed by atoms with Gasteiger partial charge in [0.1, 0.15) is 0 Å². The second-order valence-electron chi connectivity index (χ2n) is 3.69. The SMILES string of the molecule is C=CC(NCC)c1nccc2ccccc12. The molecule has 2 aromatic rings. The molecule has 82 valence electrons. The number of likely N-dealkylation sites (N-methyl/N-ethyl adjacent to an activating group) is 1. The Kier molecular flexibility index (Phi) is 3.32. The topological polar surface area (TPSA) is 24.9 Å². The van der Waals surface area contributed by atoms with Crippen molar-refractivity contribution in [2.45, 2.75) is 13.0 Å². The number of benzene rings is 1. The fraction of sp³-hybridized carbons (Fsp3) is 0.214. The van der Waals surface area contributed by atoms with E-state index in [1.807, 2.05) is 30.5 Å². The van der Waals surface area contributed by atoms with E-state index in [1.165, 1.54) is 10.8 Å². The first-order valence-electron chi connectivity index (χ1n) is 5.56. The summed E-state index contributed by atoms with van der Waals surface area (Å²) in [5.74, 6) is 0. The molecular formula is C14H16N2. The molecule has 0 radical (unpaired) electrons. The molecule has 2 nitrogen and oxygen atoms in total. The van der Waals surface area contributed by atoms with Crippen molar-refractivity contribution >= 4 is 10.8 Å². The van der Waals surface area contributed by atoms with E-state index in [4.69, 9.17) is 0 Å². The van der Waals surface area contributed by atoms with Gasteiger partial charge in [0.05, 0.1) is 11.7 Å². The molecule has 1 aromatic carbocycles. The summed E-state index contributed by atoms with van der Waals surface area (Å²) in [4.78, 5) is 4.46. The zero-order chi connectivity index (χ0) is 11.4. The summed E-state index contributed by atoms with van der Waals surface area (Å²) in [6, 6.07) is 10.4. The predicted molar refractivity (Wildman–Crippen MR) is 68.4 cm³/mol. The van der Waals surface area contributed by atoms with Crippen LogP contribution >= 0.6 is 0 Å². The third kappa shape index (κ3) is 1.97. The van der Waals surface area contributed by atoms with Crippen LogP contribution < -0.4 is 5.32 Å². The second kappa shape index (κ2) is 4.90. The molecule has 16 heavy (non-hydrogen) atoms. The van der Waals surface area contributed by atoms with Crippen LogP contribution in [-0.4, -0.2) is 11.5 Å². The highest BCUT2D eigenvalue weighted by molar-refractivity contribution is 5.84. The van der Waals surface area contributed by atoms with Crippen LogP contribution in [0.3, 0.4) is 0 Å². The van der Waals surface area contributed by atoms with Crippen LogP contribution in [-0.2, 0) is 0 Å². The Balaban J connectivity index is 2.54. The highest BCUT2D eigenvalue weighted by Gasteiger charge is 2.10. The minimum atomic E-state index is 0.121. The lowest BCUT2D eigenvalue weighted by Gasteiger charge is -2.14. The molecule has 1 atom stereocenters. The van der Waals surface area contributed by atoms with Gasteiger partial charge >= 0.3 is 0 Å². The predicted octanol–water partition coefficient (Wildman–Crippen LogP) is 3.07. The highest BCUT2D eigenvalue weighted by Crippen LogP contribution is 2.22. The summed E-state index contributed by atoms with van der Waals surface area (Å²) in [5, 5.41) is 5.77. The minimum absolute atomic E-state index is 0.121. The van der Waals surface area contributed by atoms with E-state index in [0.717, 1.165) is 12.2 Å². The van der Waals surface area contributed by atoms with E-state index in [1.54, 1.807) is 0 Å². The summed E-state index contributed by atoms with van der Waals surface area (Å²) in [5.41, 5.74) is 1.05. The Hall–Kier alpha value is -1.67. The van der Waals surface area contributed by atoms with Gasteiger partial charge in [-0.15, -0.1) is 6.58 Å². The summed E-state index contributed by atoms with van der Waals surface area (Å²) in [7, 11) is 0. The van der Waals surface area contributed by atoms with Crippen molar-refractivity contribution < 1.29 is 0 Å². The van der Waals surface area contributed by atoms with Crippen molar-refractivity contribution in [1.82, 2.24) is 10.3 Å². The summed E-state index contributed by atoms with van der Waals surface area (Å²) in [6.07, 6.45) is 3.75. The molecule has 0 aliphatic heterocycles. The third-order valence-electron chi connectivity index (χ3n) is 2.66. The van der Waals surface area contributed by atoms with Gasteiger partial charge in [-0.25, -0.2) is 0 Å². The molecular weight excluding hydrogens is 196 g/mol. The quantitative estimate of drug-likeness (QED) is 0.788. The lowest BCUT2D eigenvalue weighted by Crippen LogP contribution is -2.19. The molecule has 0 spiro atoms. The lowest BCUT2D eigenvalue weighted by molar-refractivity contribution is 0.638.